The summed E-state index contributed by atoms with van der Waals surface area (Å²) in [7, 11) is 1.76. The van der Waals surface area contributed by atoms with Crippen LogP contribution in [0.25, 0.3) is 0 Å². The van der Waals surface area contributed by atoms with Gasteiger partial charge in [0.25, 0.3) is 0 Å². The maximum absolute atomic E-state index is 14.3. The fourth-order valence-electron chi connectivity index (χ4n) is 7.10. The normalized spacial score (nSPS) is 27.5. The lowest BCUT2D eigenvalue weighted by Gasteiger charge is -2.44. The minimum atomic E-state index is -4.41. The lowest BCUT2D eigenvalue weighted by molar-refractivity contribution is -0.145. The number of amides is 1. The number of carbonyl (C=O) groups is 1. The topological polar surface area (TPSA) is 70.2 Å². The average Bonchev–Trinajstić information content (AvgIpc) is 3.43. The van der Waals surface area contributed by atoms with E-state index in [0.29, 0.717) is 44.6 Å². The Hall–Kier alpha value is -1.95. The molecule has 1 aliphatic carbocycles. The molecule has 11 heteroatoms. The number of nitrogens with one attached hydrogen (secondary N) is 1. The van der Waals surface area contributed by atoms with Crippen LogP contribution in [0.2, 0.25) is 0 Å². The second-order valence-corrected chi connectivity index (χ2v) is 12.8. The Kier molecular flexibility index (Phi) is 11.2. The van der Waals surface area contributed by atoms with Crippen LogP contribution in [0.5, 0.6) is 0 Å². The lowest BCUT2D eigenvalue weighted by atomic mass is 9.74. The Morgan fingerprint density at radius 3 is 2.60 bits per heavy atom. The number of carbonyl (C=O) groups excluding carboxylic acids is 1. The lowest BCUT2D eigenvalue weighted by Crippen LogP contribution is -2.56. The van der Waals surface area contributed by atoms with Crippen LogP contribution < -0.4 is 10.2 Å². The highest BCUT2D eigenvalue weighted by Gasteiger charge is 2.52. The van der Waals surface area contributed by atoms with Crippen molar-refractivity contribution < 1.29 is 27.4 Å². The van der Waals surface area contributed by atoms with Crippen molar-refractivity contribution >= 4 is 11.7 Å². The quantitative estimate of drug-likeness (QED) is 0.379. The Balaban J connectivity index is 1.45. The van der Waals surface area contributed by atoms with Gasteiger partial charge in [-0.1, -0.05) is 27.7 Å². The van der Waals surface area contributed by atoms with E-state index in [4.69, 9.17) is 9.47 Å². The maximum atomic E-state index is 14.3. The van der Waals surface area contributed by atoms with Gasteiger partial charge in [0.15, 0.2) is 0 Å². The number of hydrogen-bond acceptors (Lipinski definition) is 7. The number of ether oxygens (including phenoxy) is 2. The van der Waals surface area contributed by atoms with Gasteiger partial charge in [-0.3, -0.25) is 9.69 Å². The van der Waals surface area contributed by atoms with Crippen molar-refractivity contribution in [1.29, 1.82) is 0 Å². The monoisotopic (exact) mass is 597 g/mol. The summed E-state index contributed by atoms with van der Waals surface area (Å²) in [5, 5.41) is 3.53. The van der Waals surface area contributed by atoms with Gasteiger partial charge in [-0.15, -0.1) is 0 Å². The van der Waals surface area contributed by atoms with E-state index in [1.54, 1.807) is 7.11 Å². The molecule has 2 aliphatic heterocycles. The SMILES string of the molecule is CO[C@@H]1COCC[C@@H]1N(CCCNC(C)C)[C@@H]1CC[C@@](C(=O)N2CCN(c3cc(C(F)(F)F)ccn3)CC2)(C(C)C)C1. The predicted octanol–water partition coefficient (Wildman–Crippen LogP) is 4.44. The third kappa shape index (κ3) is 7.57. The fraction of sp³-hybridized carbons (Fsp3) is 0.806. The molecule has 1 saturated carbocycles. The van der Waals surface area contributed by atoms with Gasteiger partial charge < -0.3 is 24.6 Å². The zero-order valence-electron chi connectivity index (χ0n) is 26.0. The number of pyridine rings is 1. The molecule has 3 fully saturated rings. The molecule has 1 aromatic rings. The standard InChI is InChI=1S/C31H50F3N5O3/c1-22(2)30(29(40)38-16-14-37(15-17-38)28-19-24(8-12-36-28)31(32,33)34)10-7-25(20-30)39(13-6-11-35-23(3)4)26-9-18-42-21-27(26)41-5/h8,12,19,22-23,25-27,35H,6-7,9-11,13-18,20-21H2,1-5H3/t25-,26+,27-,30+/m1/s1. The van der Waals surface area contributed by atoms with Crippen molar-refractivity contribution in [2.24, 2.45) is 11.3 Å². The van der Waals surface area contributed by atoms with Crippen LogP contribution in [-0.2, 0) is 20.4 Å². The Morgan fingerprint density at radius 2 is 1.95 bits per heavy atom. The number of anilines is 1. The van der Waals surface area contributed by atoms with E-state index in [-0.39, 0.29) is 30.0 Å². The zero-order valence-corrected chi connectivity index (χ0v) is 26.0. The van der Waals surface area contributed by atoms with Crippen LogP contribution in [0.4, 0.5) is 19.0 Å². The molecule has 238 valence electrons. The van der Waals surface area contributed by atoms with E-state index in [0.717, 1.165) is 63.9 Å². The third-order valence-corrected chi connectivity index (χ3v) is 9.63. The molecule has 1 aromatic heterocycles. The van der Waals surface area contributed by atoms with Crippen molar-refractivity contribution in [3.05, 3.63) is 23.9 Å². The molecule has 0 spiro atoms. The number of nitrogens with zero attached hydrogens (tertiary/aromatic N) is 4. The van der Waals surface area contributed by atoms with E-state index in [1.807, 2.05) is 9.80 Å². The summed E-state index contributed by atoms with van der Waals surface area (Å²) in [5.74, 6) is 0.673. The summed E-state index contributed by atoms with van der Waals surface area (Å²) in [6.07, 6.45) is 1.36. The molecule has 3 heterocycles. The van der Waals surface area contributed by atoms with Gasteiger partial charge in [0.05, 0.1) is 23.7 Å². The van der Waals surface area contributed by atoms with Crippen LogP contribution in [0, 0.1) is 11.3 Å². The molecule has 3 aliphatic rings. The van der Waals surface area contributed by atoms with Gasteiger partial charge in [0, 0.05) is 70.8 Å². The molecular formula is C31H50F3N5O3. The first kappa shape index (κ1) is 33.0. The van der Waals surface area contributed by atoms with E-state index in [2.05, 4.69) is 42.9 Å². The van der Waals surface area contributed by atoms with Crippen molar-refractivity contribution in [2.45, 2.75) is 90.2 Å². The van der Waals surface area contributed by atoms with Gasteiger partial charge in [0.2, 0.25) is 5.91 Å². The highest BCUT2D eigenvalue weighted by molar-refractivity contribution is 5.84. The van der Waals surface area contributed by atoms with E-state index < -0.39 is 17.2 Å². The van der Waals surface area contributed by atoms with Crippen LogP contribution in [0.15, 0.2) is 18.3 Å². The number of piperazine rings is 1. The van der Waals surface area contributed by atoms with Crippen LogP contribution in [0.1, 0.15) is 65.4 Å². The minimum absolute atomic E-state index is 0.0131. The largest absolute Gasteiger partial charge is 0.416 e. The highest BCUT2D eigenvalue weighted by Crippen LogP contribution is 2.48. The van der Waals surface area contributed by atoms with Crippen molar-refractivity contribution in [2.75, 3.05) is 64.5 Å². The molecule has 0 radical (unpaired) electrons. The van der Waals surface area contributed by atoms with Crippen molar-refractivity contribution in [3.8, 4) is 0 Å². The first-order valence-corrected chi connectivity index (χ1v) is 15.6. The third-order valence-electron chi connectivity index (χ3n) is 9.63. The summed E-state index contributed by atoms with van der Waals surface area (Å²) in [5.41, 5.74) is -1.16. The van der Waals surface area contributed by atoms with Crippen molar-refractivity contribution in [1.82, 2.24) is 20.1 Å². The Labute approximate surface area is 249 Å². The molecule has 1 N–H and O–H groups in total. The fourth-order valence-corrected chi connectivity index (χ4v) is 7.10. The molecule has 42 heavy (non-hydrogen) atoms. The van der Waals surface area contributed by atoms with Crippen LogP contribution >= 0.6 is 0 Å². The van der Waals surface area contributed by atoms with E-state index in [1.165, 1.54) is 6.20 Å². The number of aromatic nitrogens is 1. The Morgan fingerprint density at radius 1 is 1.21 bits per heavy atom. The maximum Gasteiger partial charge on any atom is 0.416 e. The van der Waals surface area contributed by atoms with Crippen LogP contribution in [-0.4, -0.2) is 105 Å². The van der Waals surface area contributed by atoms with Gasteiger partial charge >= 0.3 is 6.18 Å². The molecule has 0 unspecified atom stereocenters. The first-order chi connectivity index (χ1) is 20.0. The summed E-state index contributed by atoms with van der Waals surface area (Å²) in [6, 6.07) is 3.08. The van der Waals surface area contributed by atoms with Gasteiger partial charge in [0.1, 0.15) is 5.82 Å². The van der Waals surface area contributed by atoms with E-state index >= 15 is 0 Å². The number of methoxy groups -OCH3 is 1. The molecule has 8 nitrogen and oxygen atoms in total. The number of alkyl halides is 3. The molecule has 1 amide bonds. The van der Waals surface area contributed by atoms with Gasteiger partial charge in [-0.05, 0) is 56.7 Å². The first-order valence-electron chi connectivity index (χ1n) is 15.6. The molecular weight excluding hydrogens is 547 g/mol. The predicted molar refractivity (Wildman–Crippen MR) is 157 cm³/mol. The summed E-state index contributed by atoms with van der Waals surface area (Å²) >= 11 is 0. The second kappa shape index (κ2) is 14.2. The second-order valence-electron chi connectivity index (χ2n) is 12.8. The summed E-state index contributed by atoms with van der Waals surface area (Å²) in [4.78, 5) is 24.9. The summed E-state index contributed by atoms with van der Waals surface area (Å²) < 4.78 is 51.3. The number of hydrogen-bond donors (Lipinski definition) is 1. The molecule has 2 saturated heterocycles. The Bertz CT molecular complexity index is 1020. The van der Waals surface area contributed by atoms with Crippen LogP contribution in [0.3, 0.4) is 0 Å². The molecule has 4 atom stereocenters. The number of halogens is 3. The van der Waals surface area contributed by atoms with Gasteiger partial charge in [-0.25, -0.2) is 4.98 Å². The van der Waals surface area contributed by atoms with Gasteiger partial charge in [-0.2, -0.15) is 13.2 Å². The molecule has 4 rings (SSSR count). The zero-order chi connectivity index (χ0) is 30.5. The molecule has 0 aromatic carbocycles. The molecule has 0 bridgehead atoms. The van der Waals surface area contributed by atoms with Crippen molar-refractivity contribution in [3.63, 3.8) is 0 Å². The van der Waals surface area contributed by atoms with E-state index in [9.17, 15) is 18.0 Å². The minimum Gasteiger partial charge on any atom is -0.379 e. The average molecular weight is 598 g/mol. The summed E-state index contributed by atoms with van der Waals surface area (Å²) in [6.45, 7) is 13.7. The number of rotatable bonds is 11. The smallest absolute Gasteiger partial charge is 0.379 e. The highest BCUT2D eigenvalue weighted by atomic mass is 19.4.